The summed E-state index contributed by atoms with van der Waals surface area (Å²) in [6, 6.07) is 7.24. The quantitative estimate of drug-likeness (QED) is 0.719. The fourth-order valence-electron chi connectivity index (χ4n) is 3.06. The zero-order valence-electron chi connectivity index (χ0n) is 10.6. The summed E-state index contributed by atoms with van der Waals surface area (Å²) in [4.78, 5) is 3.61. The Morgan fingerprint density at radius 3 is 3.00 bits per heavy atom. The van der Waals surface area contributed by atoms with Crippen LogP contribution in [0.1, 0.15) is 42.1 Å². The molecule has 17 heavy (non-hydrogen) atoms. The Morgan fingerprint density at radius 1 is 1.29 bits per heavy atom. The number of aromatic amines is 1. The molecule has 0 aliphatic heterocycles. The van der Waals surface area contributed by atoms with Gasteiger partial charge in [0.05, 0.1) is 0 Å². The summed E-state index contributed by atoms with van der Waals surface area (Å²) < 4.78 is 0. The van der Waals surface area contributed by atoms with E-state index in [-0.39, 0.29) is 0 Å². The number of benzene rings is 1. The molecule has 1 aliphatic carbocycles. The summed E-state index contributed by atoms with van der Waals surface area (Å²) in [6.45, 7) is 2.17. The monoisotopic (exact) mass is 228 g/mol. The molecular weight excluding hydrogens is 208 g/mol. The van der Waals surface area contributed by atoms with E-state index in [4.69, 9.17) is 0 Å². The van der Waals surface area contributed by atoms with Gasteiger partial charge in [-0.1, -0.05) is 18.1 Å². The molecule has 0 radical (unpaired) electrons. The lowest BCUT2D eigenvalue weighted by Crippen LogP contribution is -2.15. The molecule has 0 amide bonds. The van der Waals surface area contributed by atoms with E-state index in [0.29, 0.717) is 6.04 Å². The van der Waals surface area contributed by atoms with Crippen molar-refractivity contribution >= 4 is 10.9 Å². The molecule has 0 saturated carbocycles. The number of aryl methyl sites for hydroxylation is 2. The van der Waals surface area contributed by atoms with Crippen molar-refractivity contribution in [3.05, 3.63) is 35.0 Å². The molecule has 0 spiro atoms. The first-order valence-corrected chi connectivity index (χ1v) is 6.58. The Morgan fingerprint density at radius 2 is 2.18 bits per heavy atom. The van der Waals surface area contributed by atoms with Crippen LogP contribution in [0.3, 0.4) is 0 Å². The minimum absolute atomic E-state index is 0.517. The van der Waals surface area contributed by atoms with Gasteiger partial charge in [0.25, 0.3) is 0 Å². The van der Waals surface area contributed by atoms with Gasteiger partial charge in [0, 0.05) is 22.6 Å². The second-order valence-corrected chi connectivity index (χ2v) is 5.15. The van der Waals surface area contributed by atoms with Crippen LogP contribution >= 0.6 is 0 Å². The molecule has 2 aromatic rings. The molecule has 1 aliphatic rings. The van der Waals surface area contributed by atoms with Crippen molar-refractivity contribution < 1.29 is 0 Å². The first kappa shape index (κ1) is 10.8. The van der Waals surface area contributed by atoms with Gasteiger partial charge in [-0.05, 0) is 50.9 Å². The van der Waals surface area contributed by atoms with Crippen LogP contribution in [0.2, 0.25) is 0 Å². The SMILES string of the molecule is CNC1CCCCc2[nH]c3ccc(C)cc3c21. The van der Waals surface area contributed by atoms with Gasteiger partial charge < -0.3 is 10.3 Å². The fourth-order valence-corrected chi connectivity index (χ4v) is 3.06. The van der Waals surface area contributed by atoms with E-state index in [1.165, 1.54) is 53.4 Å². The lowest BCUT2D eigenvalue weighted by atomic mass is 10.00. The largest absolute Gasteiger partial charge is 0.358 e. The van der Waals surface area contributed by atoms with E-state index >= 15 is 0 Å². The number of rotatable bonds is 1. The number of aromatic nitrogens is 1. The smallest absolute Gasteiger partial charge is 0.0459 e. The summed E-state index contributed by atoms with van der Waals surface area (Å²) >= 11 is 0. The number of hydrogen-bond donors (Lipinski definition) is 2. The average Bonchev–Trinajstić information content (AvgIpc) is 2.55. The van der Waals surface area contributed by atoms with Crippen LogP contribution in [-0.4, -0.2) is 12.0 Å². The lowest BCUT2D eigenvalue weighted by Gasteiger charge is -2.14. The molecule has 2 heteroatoms. The topological polar surface area (TPSA) is 27.8 Å². The van der Waals surface area contributed by atoms with Crippen molar-refractivity contribution in [1.29, 1.82) is 0 Å². The van der Waals surface area contributed by atoms with Crippen LogP contribution in [0.4, 0.5) is 0 Å². The highest BCUT2D eigenvalue weighted by Crippen LogP contribution is 2.34. The summed E-state index contributed by atoms with van der Waals surface area (Å²) in [6.07, 6.45) is 5.07. The maximum Gasteiger partial charge on any atom is 0.0459 e. The minimum atomic E-state index is 0.517. The number of hydrogen-bond acceptors (Lipinski definition) is 1. The molecule has 0 fully saturated rings. The molecule has 1 heterocycles. The van der Waals surface area contributed by atoms with Gasteiger partial charge in [-0.25, -0.2) is 0 Å². The maximum atomic E-state index is 3.61. The van der Waals surface area contributed by atoms with Gasteiger partial charge in [-0.2, -0.15) is 0 Å². The van der Waals surface area contributed by atoms with Crippen LogP contribution in [0.25, 0.3) is 10.9 Å². The Labute approximate surface area is 102 Å². The molecule has 2 nitrogen and oxygen atoms in total. The van der Waals surface area contributed by atoms with Crippen LogP contribution in [0.15, 0.2) is 18.2 Å². The van der Waals surface area contributed by atoms with Crippen molar-refractivity contribution in [2.45, 2.75) is 38.6 Å². The minimum Gasteiger partial charge on any atom is -0.358 e. The molecule has 0 bridgehead atoms. The van der Waals surface area contributed by atoms with Gasteiger partial charge in [-0.3, -0.25) is 0 Å². The van der Waals surface area contributed by atoms with Crippen LogP contribution in [0, 0.1) is 6.92 Å². The molecule has 90 valence electrons. The highest BCUT2D eigenvalue weighted by atomic mass is 14.9. The van der Waals surface area contributed by atoms with Gasteiger partial charge in [0.2, 0.25) is 0 Å². The zero-order valence-corrected chi connectivity index (χ0v) is 10.6. The van der Waals surface area contributed by atoms with E-state index in [2.05, 4.69) is 42.5 Å². The zero-order chi connectivity index (χ0) is 11.8. The van der Waals surface area contributed by atoms with Gasteiger partial charge >= 0.3 is 0 Å². The molecule has 2 N–H and O–H groups in total. The summed E-state index contributed by atoms with van der Waals surface area (Å²) in [5.74, 6) is 0. The van der Waals surface area contributed by atoms with Gasteiger partial charge in [-0.15, -0.1) is 0 Å². The van der Waals surface area contributed by atoms with Crippen molar-refractivity contribution in [3.63, 3.8) is 0 Å². The third kappa shape index (κ3) is 1.77. The molecule has 3 rings (SSSR count). The third-order valence-electron chi connectivity index (χ3n) is 3.94. The second-order valence-electron chi connectivity index (χ2n) is 5.15. The molecule has 1 aromatic heterocycles. The first-order valence-electron chi connectivity index (χ1n) is 6.58. The average molecular weight is 228 g/mol. The van der Waals surface area contributed by atoms with Gasteiger partial charge in [0.15, 0.2) is 0 Å². The van der Waals surface area contributed by atoms with Crippen molar-refractivity contribution in [3.8, 4) is 0 Å². The molecule has 0 saturated heterocycles. The number of nitrogens with one attached hydrogen (secondary N) is 2. The van der Waals surface area contributed by atoms with Crippen LogP contribution in [-0.2, 0) is 6.42 Å². The van der Waals surface area contributed by atoms with E-state index < -0.39 is 0 Å². The Hall–Kier alpha value is -1.28. The van der Waals surface area contributed by atoms with E-state index in [1.807, 2.05) is 0 Å². The predicted octanol–water partition coefficient (Wildman–Crippen LogP) is 3.46. The summed E-state index contributed by atoms with van der Waals surface area (Å²) in [7, 11) is 2.08. The normalized spacial score (nSPS) is 20.2. The second kappa shape index (κ2) is 4.19. The highest BCUT2D eigenvalue weighted by molar-refractivity contribution is 5.86. The number of H-pyrrole nitrogens is 1. The Balaban J connectivity index is 2.24. The highest BCUT2D eigenvalue weighted by Gasteiger charge is 2.21. The van der Waals surface area contributed by atoms with Crippen molar-refractivity contribution in [2.75, 3.05) is 7.05 Å². The lowest BCUT2D eigenvalue weighted by molar-refractivity contribution is 0.536. The van der Waals surface area contributed by atoms with Crippen LogP contribution < -0.4 is 5.32 Å². The Kier molecular flexibility index (Phi) is 2.67. The third-order valence-corrected chi connectivity index (χ3v) is 3.94. The summed E-state index contributed by atoms with van der Waals surface area (Å²) in [5, 5.41) is 4.90. The standard InChI is InChI=1S/C15H20N2/c1-10-7-8-12-11(9-10)15-13(16-2)5-3-4-6-14(15)17-12/h7-9,13,16-17H,3-6H2,1-2H3. The fraction of sp³-hybridized carbons (Fsp3) is 0.467. The van der Waals surface area contributed by atoms with Crippen molar-refractivity contribution in [1.82, 2.24) is 10.3 Å². The van der Waals surface area contributed by atoms with E-state index in [0.717, 1.165) is 0 Å². The maximum absolute atomic E-state index is 3.61. The summed E-state index contributed by atoms with van der Waals surface area (Å²) in [5.41, 5.74) is 5.60. The number of fused-ring (bicyclic) bond motifs is 3. The predicted molar refractivity (Wildman–Crippen MR) is 72.4 cm³/mol. The molecule has 1 unspecified atom stereocenters. The first-order chi connectivity index (χ1) is 8.29. The van der Waals surface area contributed by atoms with E-state index in [9.17, 15) is 0 Å². The molecule has 1 atom stereocenters. The molecular formula is C15H20N2. The van der Waals surface area contributed by atoms with Crippen LogP contribution in [0.5, 0.6) is 0 Å². The molecule has 1 aromatic carbocycles. The van der Waals surface area contributed by atoms with Gasteiger partial charge in [0.1, 0.15) is 0 Å². The Bertz CT molecular complexity index is 539. The van der Waals surface area contributed by atoms with Crippen molar-refractivity contribution in [2.24, 2.45) is 0 Å². The van der Waals surface area contributed by atoms with E-state index in [1.54, 1.807) is 0 Å².